The summed E-state index contributed by atoms with van der Waals surface area (Å²) in [5, 5.41) is 2.59. The number of carbonyl (C=O) groups is 2. The molecule has 0 aliphatic rings. The second-order valence-electron chi connectivity index (χ2n) is 11.0. The van der Waals surface area contributed by atoms with Gasteiger partial charge in [-0.2, -0.15) is 0 Å². The van der Waals surface area contributed by atoms with Gasteiger partial charge in [-0.1, -0.05) is 168 Å². The number of unbranched alkanes of at least 4 members (excludes halogenated alkanes) is 24. The number of rotatable bonds is 28. The van der Waals surface area contributed by atoms with Crippen molar-refractivity contribution in [3.8, 4) is 0 Å². The summed E-state index contributed by atoms with van der Waals surface area (Å²) < 4.78 is 0. The topological polar surface area (TPSA) is 46.2 Å². The number of amides is 2. The lowest BCUT2D eigenvalue weighted by Crippen LogP contribution is -2.29. The molecule has 0 radical (unpaired) electrons. The standard InChI is InChI=1S/C32H63NO2/c1-3-5-7-9-11-13-15-17-19-21-23-25-27-29-31(34)33-32(35)30-28-26-24-22-20-18-16-14-12-10-8-6-4-2/h3-30H2,1-2H3,(H,33,34,35). The molecule has 0 saturated carbocycles. The molecule has 35 heavy (non-hydrogen) atoms. The van der Waals surface area contributed by atoms with E-state index >= 15 is 0 Å². The van der Waals surface area contributed by atoms with Crippen LogP contribution in [0.15, 0.2) is 0 Å². The molecule has 0 aromatic heterocycles. The Balaban J connectivity index is 3.29. The fraction of sp³-hybridized carbons (Fsp3) is 0.938. The number of carbonyl (C=O) groups excluding carboxylic acids is 2. The van der Waals surface area contributed by atoms with E-state index in [2.05, 4.69) is 19.2 Å². The van der Waals surface area contributed by atoms with Crippen molar-refractivity contribution >= 4 is 11.8 Å². The summed E-state index contributed by atoms with van der Waals surface area (Å²) in [7, 11) is 0. The van der Waals surface area contributed by atoms with Crippen LogP contribution in [0.1, 0.15) is 194 Å². The monoisotopic (exact) mass is 493 g/mol. The van der Waals surface area contributed by atoms with Crippen molar-refractivity contribution in [2.24, 2.45) is 0 Å². The van der Waals surface area contributed by atoms with Crippen LogP contribution in [0.2, 0.25) is 0 Å². The minimum atomic E-state index is -0.0761. The molecule has 0 spiro atoms. The molecule has 0 unspecified atom stereocenters. The van der Waals surface area contributed by atoms with Gasteiger partial charge in [0.2, 0.25) is 11.8 Å². The predicted molar refractivity (Wildman–Crippen MR) is 154 cm³/mol. The Morgan fingerprint density at radius 1 is 0.343 bits per heavy atom. The zero-order valence-corrected chi connectivity index (χ0v) is 24.1. The van der Waals surface area contributed by atoms with Gasteiger partial charge in [0.15, 0.2) is 0 Å². The third-order valence-electron chi connectivity index (χ3n) is 7.29. The molecule has 0 atom stereocenters. The van der Waals surface area contributed by atoms with Gasteiger partial charge in [0, 0.05) is 12.8 Å². The molecule has 0 aromatic rings. The van der Waals surface area contributed by atoms with Gasteiger partial charge in [0.1, 0.15) is 0 Å². The minimum Gasteiger partial charge on any atom is -0.296 e. The highest BCUT2D eigenvalue weighted by molar-refractivity contribution is 5.95. The Hall–Kier alpha value is -0.860. The second-order valence-corrected chi connectivity index (χ2v) is 11.0. The molecule has 1 N–H and O–H groups in total. The molecule has 0 aromatic carbocycles. The van der Waals surface area contributed by atoms with Crippen molar-refractivity contribution in [3.63, 3.8) is 0 Å². The molecule has 0 heterocycles. The Bertz CT molecular complexity index is 409. The molecule has 3 nitrogen and oxygen atoms in total. The summed E-state index contributed by atoms with van der Waals surface area (Å²) >= 11 is 0. The van der Waals surface area contributed by atoms with Crippen LogP contribution in [-0.4, -0.2) is 11.8 Å². The molecule has 2 amide bonds. The van der Waals surface area contributed by atoms with Crippen LogP contribution in [0.25, 0.3) is 0 Å². The molecule has 0 aliphatic carbocycles. The molecular weight excluding hydrogens is 430 g/mol. The van der Waals surface area contributed by atoms with Gasteiger partial charge in [-0.3, -0.25) is 14.9 Å². The Kier molecular flexibility index (Phi) is 28.6. The van der Waals surface area contributed by atoms with Crippen molar-refractivity contribution in [2.75, 3.05) is 0 Å². The summed E-state index contributed by atoms with van der Waals surface area (Å²) in [5.41, 5.74) is 0. The quantitative estimate of drug-likeness (QED) is 0.110. The van der Waals surface area contributed by atoms with Gasteiger partial charge >= 0.3 is 0 Å². The molecule has 208 valence electrons. The maximum Gasteiger partial charge on any atom is 0.226 e. The zero-order chi connectivity index (χ0) is 25.7. The maximum atomic E-state index is 12.0. The van der Waals surface area contributed by atoms with Gasteiger partial charge in [-0.15, -0.1) is 0 Å². The van der Waals surface area contributed by atoms with Crippen molar-refractivity contribution in [1.82, 2.24) is 5.32 Å². The van der Waals surface area contributed by atoms with E-state index in [9.17, 15) is 9.59 Å². The van der Waals surface area contributed by atoms with E-state index in [1.165, 1.54) is 141 Å². The van der Waals surface area contributed by atoms with Crippen LogP contribution in [-0.2, 0) is 9.59 Å². The molecular formula is C32H63NO2. The van der Waals surface area contributed by atoms with Gasteiger partial charge < -0.3 is 0 Å². The van der Waals surface area contributed by atoms with Crippen LogP contribution in [0, 0.1) is 0 Å². The van der Waals surface area contributed by atoms with Crippen molar-refractivity contribution in [3.05, 3.63) is 0 Å². The van der Waals surface area contributed by atoms with E-state index in [-0.39, 0.29) is 11.8 Å². The fourth-order valence-corrected chi connectivity index (χ4v) is 4.89. The fourth-order valence-electron chi connectivity index (χ4n) is 4.89. The third kappa shape index (κ3) is 29.3. The number of nitrogens with one attached hydrogen (secondary N) is 1. The van der Waals surface area contributed by atoms with E-state index in [0.717, 1.165) is 25.7 Å². The molecule has 0 fully saturated rings. The smallest absolute Gasteiger partial charge is 0.226 e. The molecule has 0 bridgehead atoms. The first-order valence-electron chi connectivity index (χ1n) is 16.0. The lowest BCUT2D eigenvalue weighted by molar-refractivity contribution is -0.130. The summed E-state index contributed by atoms with van der Waals surface area (Å²) in [6.45, 7) is 4.54. The SMILES string of the molecule is CCCCCCCCCCCCCCCC(=O)NC(=O)CCCCCCCCCCCCCCC. The van der Waals surface area contributed by atoms with Crippen molar-refractivity contribution < 1.29 is 9.59 Å². The van der Waals surface area contributed by atoms with E-state index in [0.29, 0.717) is 12.8 Å². The van der Waals surface area contributed by atoms with Gasteiger partial charge in [0.05, 0.1) is 0 Å². The van der Waals surface area contributed by atoms with Gasteiger partial charge in [-0.25, -0.2) is 0 Å². The van der Waals surface area contributed by atoms with Gasteiger partial charge in [0.25, 0.3) is 0 Å². The maximum absolute atomic E-state index is 12.0. The Morgan fingerprint density at radius 2 is 0.543 bits per heavy atom. The minimum absolute atomic E-state index is 0.0761. The zero-order valence-electron chi connectivity index (χ0n) is 24.1. The summed E-state index contributed by atoms with van der Waals surface area (Å²) in [5.74, 6) is -0.152. The number of imide groups is 1. The predicted octanol–water partition coefficient (Wildman–Crippen LogP) is 10.6. The van der Waals surface area contributed by atoms with Crippen LogP contribution in [0.4, 0.5) is 0 Å². The number of hydrogen-bond donors (Lipinski definition) is 1. The van der Waals surface area contributed by atoms with Gasteiger partial charge in [-0.05, 0) is 12.8 Å². The third-order valence-corrected chi connectivity index (χ3v) is 7.29. The van der Waals surface area contributed by atoms with Crippen LogP contribution < -0.4 is 5.32 Å². The van der Waals surface area contributed by atoms with E-state index in [4.69, 9.17) is 0 Å². The normalized spacial score (nSPS) is 11.1. The highest BCUT2D eigenvalue weighted by Crippen LogP contribution is 2.14. The van der Waals surface area contributed by atoms with Crippen LogP contribution in [0.5, 0.6) is 0 Å². The molecule has 0 rings (SSSR count). The first-order valence-corrected chi connectivity index (χ1v) is 16.0. The largest absolute Gasteiger partial charge is 0.296 e. The Labute approximate surface area is 220 Å². The number of hydrogen-bond acceptors (Lipinski definition) is 2. The average Bonchev–Trinajstić information content (AvgIpc) is 2.85. The average molecular weight is 494 g/mol. The Morgan fingerprint density at radius 3 is 0.771 bits per heavy atom. The van der Waals surface area contributed by atoms with Crippen LogP contribution >= 0.6 is 0 Å². The highest BCUT2D eigenvalue weighted by atomic mass is 16.2. The first kappa shape index (κ1) is 34.1. The summed E-state index contributed by atoms with van der Waals surface area (Å²) in [6, 6.07) is 0. The van der Waals surface area contributed by atoms with Crippen molar-refractivity contribution in [1.29, 1.82) is 0 Å². The second kappa shape index (κ2) is 29.4. The van der Waals surface area contributed by atoms with Crippen molar-refractivity contribution in [2.45, 2.75) is 194 Å². The lowest BCUT2D eigenvalue weighted by Gasteiger charge is -2.05. The summed E-state index contributed by atoms with van der Waals surface area (Å²) in [4.78, 5) is 23.9. The molecule has 3 heteroatoms. The van der Waals surface area contributed by atoms with Crippen LogP contribution in [0.3, 0.4) is 0 Å². The van der Waals surface area contributed by atoms with E-state index < -0.39 is 0 Å². The van der Waals surface area contributed by atoms with E-state index in [1.54, 1.807) is 0 Å². The summed E-state index contributed by atoms with van der Waals surface area (Å²) in [6.07, 6.45) is 34.9. The molecule has 0 saturated heterocycles. The molecule has 0 aliphatic heterocycles. The van der Waals surface area contributed by atoms with E-state index in [1.807, 2.05) is 0 Å². The highest BCUT2D eigenvalue weighted by Gasteiger charge is 2.07. The lowest BCUT2D eigenvalue weighted by atomic mass is 10.0. The first-order chi connectivity index (χ1) is 17.2.